The van der Waals surface area contributed by atoms with Crippen molar-refractivity contribution in [3.8, 4) is 5.75 Å². The van der Waals surface area contributed by atoms with Gasteiger partial charge >= 0.3 is 5.97 Å². The zero-order valence-electron chi connectivity index (χ0n) is 16.5. The lowest BCUT2D eigenvalue weighted by Gasteiger charge is -2.26. The zero-order chi connectivity index (χ0) is 19.8. The Balaban J connectivity index is 1.38. The smallest absolute Gasteiger partial charge is 0.338 e. The van der Waals surface area contributed by atoms with Crippen LogP contribution in [0.2, 0.25) is 0 Å². The van der Waals surface area contributed by atoms with Gasteiger partial charge in [-0.05, 0) is 75.4 Å². The lowest BCUT2D eigenvalue weighted by molar-refractivity contribution is 0.0526. The Hall–Kier alpha value is -2.89. The number of nitrogens with zero attached hydrogens (tertiary/aromatic N) is 3. The summed E-state index contributed by atoms with van der Waals surface area (Å²) in [5.74, 6) is 1.93. The van der Waals surface area contributed by atoms with Crippen molar-refractivity contribution in [3.05, 3.63) is 59.9 Å². The van der Waals surface area contributed by atoms with Gasteiger partial charge in [-0.15, -0.1) is 5.10 Å². The van der Waals surface area contributed by atoms with Gasteiger partial charge in [0, 0.05) is 12.7 Å². The average molecular weight is 381 g/mol. The number of anilines is 1. The second kappa shape index (κ2) is 9.88. The molecule has 0 radical (unpaired) electrons. The molecule has 0 aliphatic carbocycles. The zero-order valence-corrected chi connectivity index (χ0v) is 16.5. The van der Waals surface area contributed by atoms with Crippen LogP contribution in [0.4, 0.5) is 5.82 Å². The molecule has 0 spiro atoms. The SMILES string of the molecule is CCOC(=O)c1ccc(OCCC[C@@H]2C=CN(c3ccc(C)nn3)CC2)cc1. The number of rotatable bonds is 8. The number of aromatic nitrogens is 2. The van der Waals surface area contributed by atoms with Crippen LogP contribution in [0.25, 0.3) is 0 Å². The molecule has 148 valence electrons. The molecule has 1 atom stereocenters. The molecule has 1 aliphatic rings. The lowest BCUT2D eigenvalue weighted by Crippen LogP contribution is -2.25. The number of benzene rings is 1. The van der Waals surface area contributed by atoms with E-state index in [9.17, 15) is 4.79 Å². The fourth-order valence-electron chi connectivity index (χ4n) is 3.12. The summed E-state index contributed by atoms with van der Waals surface area (Å²) in [6.07, 6.45) is 7.53. The number of hydrogen-bond acceptors (Lipinski definition) is 6. The van der Waals surface area contributed by atoms with Crippen LogP contribution in [-0.2, 0) is 4.74 Å². The molecule has 1 aliphatic heterocycles. The van der Waals surface area contributed by atoms with Gasteiger partial charge in [0.05, 0.1) is 24.5 Å². The van der Waals surface area contributed by atoms with E-state index < -0.39 is 0 Å². The molecular formula is C22H27N3O3. The van der Waals surface area contributed by atoms with E-state index in [2.05, 4.69) is 27.4 Å². The number of allylic oxidation sites excluding steroid dienone is 1. The largest absolute Gasteiger partial charge is 0.494 e. The molecule has 2 heterocycles. The Kier molecular flexibility index (Phi) is 7.00. The minimum Gasteiger partial charge on any atom is -0.494 e. The van der Waals surface area contributed by atoms with Crippen molar-refractivity contribution in [1.29, 1.82) is 0 Å². The highest BCUT2D eigenvalue weighted by Crippen LogP contribution is 2.22. The standard InChI is InChI=1S/C22H27N3O3/c1-3-27-22(26)19-7-9-20(10-8-19)28-16-4-5-18-12-14-25(15-13-18)21-11-6-17(2)23-24-21/h6-12,14,18H,3-5,13,15-16H2,1-2H3/t18-/m1/s1. The summed E-state index contributed by atoms with van der Waals surface area (Å²) >= 11 is 0. The van der Waals surface area contributed by atoms with E-state index in [1.807, 2.05) is 31.2 Å². The van der Waals surface area contributed by atoms with Crippen molar-refractivity contribution < 1.29 is 14.3 Å². The third-order valence-corrected chi connectivity index (χ3v) is 4.71. The molecule has 1 aromatic carbocycles. The maximum Gasteiger partial charge on any atom is 0.338 e. The van der Waals surface area contributed by atoms with Gasteiger partial charge in [0.2, 0.25) is 0 Å². The second-order valence-corrected chi connectivity index (χ2v) is 6.85. The fourth-order valence-corrected chi connectivity index (χ4v) is 3.12. The normalized spacial score (nSPS) is 16.1. The summed E-state index contributed by atoms with van der Waals surface area (Å²) in [7, 11) is 0. The van der Waals surface area contributed by atoms with E-state index in [0.29, 0.717) is 24.7 Å². The summed E-state index contributed by atoms with van der Waals surface area (Å²) in [6, 6.07) is 11.1. The maximum atomic E-state index is 11.6. The van der Waals surface area contributed by atoms with E-state index >= 15 is 0 Å². The van der Waals surface area contributed by atoms with Gasteiger partial charge in [-0.2, -0.15) is 5.10 Å². The Morgan fingerprint density at radius 1 is 1.18 bits per heavy atom. The molecule has 3 rings (SSSR count). The molecule has 0 saturated carbocycles. The van der Waals surface area contributed by atoms with Crippen LogP contribution in [0, 0.1) is 12.8 Å². The van der Waals surface area contributed by atoms with Crippen molar-refractivity contribution in [2.24, 2.45) is 5.92 Å². The Labute approximate surface area is 166 Å². The van der Waals surface area contributed by atoms with Gasteiger partial charge in [0.15, 0.2) is 5.82 Å². The molecule has 0 unspecified atom stereocenters. The minimum atomic E-state index is -0.302. The maximum absolute atomic E-state index is 11.6. The van der Waals surface area contributed by atoms with E-state index in [4.69, 9.17) is 9.47 Å². The van der Waals surface area contributed by atoms with E-state index in [0.717, 1.165) is 43.1 Å². The number of ether oxygens (including phenoxy) is 2. The van der Waals surface area contributed by atoms with Crippen LogP contribution >= 0.6 is 0 Å². The fraction of sp³-hybridized carbons (Fsp3) is 0.409. The van der Waals surface area contributed by atoms with Crippen LogP contribution in [0.1, 0.15) is 42.2 Å². The van der Waals surface area contributed by atoms with Crippen molar-refractivity contribution in [2.45, 2.75) is 33.1 Å². The third-order valence-electron chi connectivity index (χ3n) is 4.71. The molecule has 0 amide bonds. The topological polar surface area (TPSA) is 64.6 Å². The molecule has 6 heteroatoms. The van der Waals surface area contributed by atoms with Crippen molar-refractivity contribution in [3.63, 3.8) is 0 Å². The summed E-state index contributed by atoms with van der Waals surface area (Å²) in [5.41, 5.74) is 1.47. The van der Waals surface area contributed by atoms with Gasteiger partial charge in [-0.3, -0.25) is 0 Å². The highest BCUT2D eigenvalue weighted by atomic mass is 16.5. The van der Waals surface area contributed by atoms with Crippen LogP contribution in [0.3, 0.4) is 0 Å². The highest BCUT2D eigenvalue weighted by molar-refractivity contribution is 5.89. The van der Waals surface area contributed by atoms with Crippen molar-refractivity contribution in [1.82, 2.24) is 10.2 Å². The molecule has 0 fully saturated rings. The third kappa shape index (κ3) is 5.55. The predicted molar refractivity (Wildman–Crippen MR) is 108 cm³/mol. The average Bonchev–Trinajstić information content (AvgIpc) is 2.73. The predicted octanol–water partition coefficient (Wildman–Crippen LogP) is 4.16. The second-order valence-electron chi connectivity index (χ2n) is 6.85. The monoisotopic (exact) mass is 381 g/mol. The summed E-state index contributed by atoms with van der Waals surface area (Å²) in [6.45, 7) is 5.73. The first-order valence-electron chi connectivity index (χ1n) is 9.81. The minimum absolute atomic E-state index is 0.302. The van der Waals surface area contributed by atoms with Gasteiger partial charge < -0.3 is 14.4 Å². The first-order chi connectivity index (χ1) is 13.7. The first kappa shape index (κ1) is 19.9. The molecule has 28 heavy (non-hydrogen) atoms. The van der Waals surface area contributed by atoms with Gasteiger partial charge in [0.1, 0.15) is 5.75 Å². The molecule has 1 aromatic heterocycles. The van der Waals surface area contributed by atoms with Crippen molar-refractivity contribution >= 4 is 11.8 Å². The van der Waals surface area contributed by atoms with E-state index in [1.54, 1.807) is 19.1 Å². The summed E-state index contributed by atoms with van der Waals surface area (Å²) < 4.78 is 10.8. The number of hydrogen-bond donors (Lipinski definition) is 0. The Bertz CT molecular complexity index is 788. The van der Waals surface area contributed by atoms with Gasteiger partial charge in [-0.1, -0.05) is 6.08 Å². The molecule has 0 bridgehead atoms. The number of carbonyl (C=O) groups excluding carboxylic acids is 1. The van der Waals surface area contributed by atoms with E-state index in [-0.39, 0.29) is 5.97 Å². The number of aryl methyl sites for hydroxylation is 1. The highest BCUT2D eigenvalue weighted by Gasteiger charge is 2.15. The van der Waals surface area contributed by atoms with Crippen LogP contribution in [0.5, 0.6) is 5.75 Å². The molecule has 6 nitrogen and oxygen atoms in total. The summed E-state index contributed by atoms with van der Waals surface area (Å²) in [5, 5.41) is 8.36. The van der Waals surface area contributed by atoms with E-state index in [1.165, 1.54) is 0 Å². The molecular weight excluding hydrogens is 354 g/mol. The first-order valence-corrected chi connectivity index (χ1v) is 9.81. The van der Waals surface area contributed by atoms with Crippen molar-refractivity contribution in [2.75, 3.05) is 24.7 Å². The molecule has 2 aromatic rings. The molecule has 0 N–H and O–H groups in total. The van der Waals surface area contributed by atoms with Gasteiger partial charge in [-0.25, -0.2) is 4.79 Å². The van der Waals surface area contributed by atoms with Crippen LogP contribution < -0.4 is 9.64 Å². The van der Waals surface area contributed by atoms with Gasteiger partial charge in [0.25, 0.3) is 0 Å². The number of esters is 1. The van der Waals surface area contributed by atoms with Crippen LogP contribution in [0.15, 0.2) is 48.7 Å². The Morgan fingerprint density at radius 3 is 2.64 bits per heavy atom. The number of carbonyl (C=O) groups is 1. The van der Waals surface area contributed by atoms with Crippen LogP contribution in [-0.4, -0.2) is 35.9 Å². The Morgan fingerprint density at radius 2 is 2.00 bits per heavy atom. The molecule has 0 saturated heterocycles. The quantitative estimate of drug-likeness (QED) is 0.505. The summed E-state index contributed by atoms with van der Waals surface area (Å²) in [4.78, 5) is 13.8. The lowest BCUT2D eigenvalue weighted by atomic mass is 9.97.